The van der Waals surface area contributed by atoms with Crippen LogP contribution in [0, 0.1) is 0 Å². The van der Waals surface area contributed by atoms with Crippen molar-refractivity contribution in [2.45, 2.75) is 50.0 Å². The number of aliphatic carboxylic acids is 3. The van der Waals surface area contributed by atoms with E-state index >= 15 is 0 Å². The monoisotopic (exact) mass is 590 g/mol. The minimum absolute atomic E-state index is 0.0610. The summed E-state index contributed by atoms with van der Waals surface area (Å²) in [4.78, 5) is 64.2. The van der Waals surface area contributed by atoms with Gasteiger partial charge in [-0.05, 0) is 37.1 Å². The van der Waals surface area contributed by atoms with Gasteiger partial charge in [-0.3, -0.25) is 14.4 Å². The van der Waals surface area contributed by atoms with Crippen molar-refractivity contribution in [3.8, 4) is 0 Å². The number of carbonyl (C=O) groups is 5. The Bertz CT molecular complexity index is 1270. The quantitative estimate of drug-likeness (QED) is 0.110. The van der Waals surface area contributed by atoms with E-state index in [1.807, 2.05) is 11.9 Å². The fraction of sp³-hybridized carbons (Fsp3) is 0.440. The van der Waals surface area contributed by atoms with Gasteiger partial charge < -0.3 is 57.6 Å². The number of benzene rings is 1. The first-order valence-corrected chi connectivity index (χ1v) is 13.0. The molecule has 2 heterocycles. The number of aliphatic hydroxyl groups excluding tert-OH is 1. The zero-order valence-corrected chi connectivity index (χ0v) is 22.7. The number of aliphatic hydroxyl groups is 1. The van der Waals surface area contributed by atoms with Crippen LogP contribution in [0.15, 0.2) is 40.8 Å². The minimum Gasteiger partial charge on any atom is -0.481 e. The Morgan fingerprint density at radius 2 is 1.64 bits per heavy atom. The number of nitrogens with zero attached hydrogens (tertiary/aromatic N) is 2. The van der Waals surface area contributed by atoms with E-state index in [1.165, 1.54) is 12.1 Å². The van der Waals surface area contributed by atoms with Crippen molar-refractivity contribution < 1.29 is 44.4 Å². The maximum absolute atomic E-state index is 12.7. The molecule has 2 aliphatic rings. The molecule has 0 bridgehead atoms. The van der Waals surface area contributed by atoms with E-state index in [0.717, 1.165) is 0 Å². The molecule has 0 spiro atoms. The molecule has 11 N–H and O–H groups in total. The Labute approximate surface area is 239 Å². The molecule has 1 unspecified atom stereocenters. The van der Waals surface area contributed by atoms with Crippen LogP contribution in [0.4, 0.5) is 5.69 Å². The molecule has 42 heavy (non-hydrogen) atoms. The van der Waals surface area contributed by atoms with Crippen LogP contribution in [0.3, 0.4) is 0 Å². The fourth-order valence-corrected chi connectivity index (χ4v) is 4.34. The molecule has 0 fully saturated rings. The summed E-state index contributed by atoms with van der Waals surface area (Å²) in [5.74, 6) is -4.80. The largest absolute Gasteiger partial charge is 0.481 e. The molecule has 2 amide bonds. The van der Waals surface area contributed by atoms with Crippen LogP contribution in [0.2, 0.25) is 0 Å². The highest BCUT2D eigenvalue weighted by Gasteiger charge is 2.32. The Balaban J connectivity index is 1.50. The molecular formula is C25H34N8O9. The lowest BCUT2D eigenvalue weighted by atomic mass is 10.1. The standard InChI is InChI=1S/C25H34N8O9/c1-33-14(11-28-20-19(33)22(38)32-25(26)31-20)10-27-13-4-2-12(3-5-13)21(37)30-16(24(41)42)6-8-17(34)29-15(23(39)40)7-9-18(35)36/h2-5,14-16,22,27-28,38H,6-11H2,1H3,(H,29,34)(H,30,37)(H,35,36)(H,39,40)(H,41,42)(H3,26,31,32)/t14-,15-,16-,22?/m0/s1. The van der Waals surface area contributed by atoms with Gasteiger partial charge in [-0.15, -0.1) is 0 Å². The molecule has 1 aromatic rings. The van der Waals surface area contributed by atoms with E-state index in [1.54, 1.807) is 12.1 Å². The van der Waals surface area contributed by atoms with Gasteiger partial charge >= 0.3 is 17.9 Å². The Morgan fingerprint density at radius 3 is 2.26 bits per heavy atom. The van der Waals surface area contributed by atoms with Gasteiger partial charge in [0.2, 0.25) is 5.91 Å². The molecule has 0 radical (unpaired) electrons. The molecule has 3 rings (SSSR count). The summed E-state index contributed by atoms with van der Waals surface area (Å²) in [5.41, 5.74) is 7.07. The van der Waals surface area contributed by atoms with E-state index in [4.69, 9.17) is 15.9 Å². The average molecular weight is 591 g/mol. The number of carboxylic acid groups (broad SMARTS) is 3. The SMILES string of the molecule is CN1C2=C(NC[C@@H]1CNc1ccc(C(=O)N[C@@H](CCC(=O)N[C@@H](CCC(=O)O)C(=O)O)C(=O)O)cc1)NC(N)=NC2O. The normalized spacial score (nSPS) is 19.2. The number of hydrogen-bond donors (Lipinski definition) is 10. The Hall–Kier alpha value is -5.06. The number of anilines is 1. The second-order valence-electron chi connectivity index (χ2n) is 9.67. The number of carboxylic acids is 3. The van der Waals surface area contributed by atoms with E-state index in [-0.39, 0.29) is 30.4 Å². The second kappa shape index (κ2) is 14.0. The Morgan fingerprint density at radius 1 is 1.02 bits per heavy atom. The van der Waals surface area contributed by atoms with Gasteiger partial charge in [0.15, 0.2) is 12.2 Å². The van der Waals surface area contributed by atoms with Crippen molar-refractivity contribution >= 4 is 41.4 Å². The molecule has 0 saturated carbocycles. The van der Waals surface area contributed by atoms with Crippen LogP contribution in [-0.2, 0) is 19.2 Å². The molecule has 0 aliphatic carbocycles. The van der Waals surface area contributed by atoms with Gasteiger partial charge in [0.05, 0.1) is 6.04 Å². The maximum atomic E-state index is 12.7. The van der Waals surface area contributed by atoms with E-state index in [9.17, 15) is 34.2 Å². The number of rotatable bonds is 14. The van der Waals surface area contributed by atoms with E-state index in [2.05, 4.69) is 31.6 Å². The van der Waals surface area contributed by atoms with Crippen LogP contribution >= 0.6 is 0 Å². The number of amides is 2. The molecule has 4 atom stereocenters. The van der Waals surface area contributed by atoms with Gasteiger partial charge in [-0.1, -0.05) is 0 Å². The van der Waals surface area contributed by atoms with Crippen LogP contribution in [0.1, 0.15) is 36.0 Å². The third kappa shape index (κ3) is 8.47. The van der Waals surface area contributed by atoms with Crippen LogP contribution in [-0.4, -0.2) is 105 Å². The van der Waals surface area contributed by atoms with Crippen molar-refractivity contribution in [2.24, 2.45) is 10.7 Å². The minimum atomic E-state index is -1.44. The number of aliphatic imine (C=N–C) groups is 1. The van der Waals surface area contributed by atoms with Crippen molar-refractivity contribution in [1.29, 1.82) is 0 Å². The first-order chi connectivity index (χ1) is 19.8. The van der Waals surface area contributed by atoms with Gasteiger partial charge in [0.25, 0.3) is 5.91 Å². The zero-order valence-electron chi connectivity index (χ0n) is 22.7. The van der Waals surface area contributed by atoms with Crippen LogP contribution in [0.5, 0.6) is 0 Å². The summed E-state index contributed by atoms with van der Waals surface area (Å²) < 4.78 is 0. The summed E-state index contributed by atoms with van der Waals surface area (Å²) in [6, 6.07) is 3.36. The van der Waals surface area contributed by atoms with Gasteiger partial charge in [0, 0.05) is 44.2 Å². The maximum Gasteiger partial charge on any atom is 0.326 e. The summed E-state index contributed by atoms with van der Waals surface area (Å²) >= 11 is 0. The van der Waals surface area contributed by atoms with Crippen molar-refractivity contribution in [3.63, 3.8) is 0 Å². The van der Waals surface area contributed by atoms with Gasteiger partial charge in [-0.25, -0.2) is 14.6 Å². The lowest BCUT2D eigenvalue weighted by molar-refractivity contribution is -0.143. The van der Waals surface area contributed by atoms with Crippen LogP contribution < -0.4 is 32.3 Å². The van der Waals surface area contributed by atoms with Crippen LogP contribution in [0.25, 0.3) is 0 Å². The number of nitrogens with two attached hydrogens (primary N) is 1. The molecule has 1 aromatic carbocycles. The first kappa shape index (κ1) is 31.5. The lowest BCUT2D eigenvalue weighted by Crippen LogP contribution is -2.56. The second-order valence-corrected chi connectivity index (χ2v) is 9.67. The zero-order chi connectivity index (χ0) is 31.0. The third-order valence-corrected chi connectivity index (χ3v) is 6.69. The van der Waals surface area contributed by atoms with Crippen molar-refractivity contribution in [1.82, 2.24) is 26.2 Å². The molecule has 0 aromatic heterocycles. The number of guanidine groups is 1. The predicted octanol–water partition coefficient (Wildman–Crippen LogP) is -2.20. The Kier molecular flexibility index (Phi) is 10.5. The molecule has 2 aliphatic heterocycles. The van der Waals surface area contributed by atoms with E-state index < -0.39 is 60.9 Å². The molecular weight excluding hydrogens is 556 g/mol. The first-order valence-electron chi connectivity index (χ1n) is 13.0. The number of likely N-dealkylation sites (N-methyl/N-ethyl adjacent to an activating group) is 1. The predicted molar refractivity (Wildman–Crippen MR) is 147 cm³/mol. The highest BCUT2D eigenvalue weighted by Crippen LogP contribution is 2.21. The lowest BCUT2D eigenvalue weighted by Gasteiger charge is -2.41. The smallest absolute Gasteiger partial charge is 0.326 e. The topological polar surface area (TPSA) is 268 Å². The number of nitrogens with one attached hydrogen (secondary N) is 5. The number of carbonyl (C=O) groups excluding carboxylic acids is 2. The molecule has 228 valence electrons. The number of hydrogen-bond acceptors (Lipinski definition) is 12. The van der Waals surface area contributed by atoms with E-state index in [0.29, 0.717) is 30.3 Å². The summed E-state index contributed by atoms with van der Waals surface area (Å²) in [5, 5.41) is 51.5. The summed E-state index contributed by atoms with van der Waals surface area (Å²) in [6.45, 7) is 1.02. The highest BCUT2D eigenvalue weighted by atomic mass is 16.4. The van der Waals surface area contributed by atoms with Gasteiger partial charge in [0.1, 0.15) is 23.6 Å². The average Bonchev–Trinajstić information content (AvgIpc) is 2.92. The highest BCUT2D eigenvalue weighted by molar-refractivity contribution is 5.97. The van der Waals surface area contributed by atoms with Crippen molar-refractivity contribution in [3.05, 3.63) is 41.3 Å². The molecule has 17 heteroatoms. The summed E-state index contributed by atoms with van der Waals surface area (Å²) in [6.07, 6.45) is -2.64. The fourth-order valence-electron chi connectivity index (χ4n) is 4.34. The summed E-state index contributed by atoms with van der Waals surface area (Å²) in [7, 11) is 1.82. The van der Waals surface area contributed by atoms with Crippen molar-refractivity contribution in [2.75, 3.05) is 25.5 Å². The van der Waals surface area contributed by atoms with Gasteiger partial charge in [-0.2, -0.15) is 0 Å². The molecule has 17 nitrogen and oxygen atoms in total. The molecule has 0 saturated heterocycles. The third-order valence-electron chi connectivity index (χ3n) is 6.69.